The van der Waals surface area contributed by atoms with Crippen molar-refractivity contribution < 1.29 is 14.3 Å². The Morgan fingerprint density at radius 1 is 1.07 bits per heavy atom. The van der Waals surface area contributed by atoms with Crippen molar-refractivity contribution in [1.82, 2.24) is 5.01 Å². The fourth-order valence-electron chi connectivity index (χ4n) is 2.45. The molecule has 0 amide bonds. The molecule has 2 aromatic rings. The Hall–Kier alpha value is -3.45. The zero-order valence-electron chi connectivity index (χ0n) is 16.0. The SMILES string of the molecule is COC(=O)/C=C1\C(=O)SC(=Nc2ccccc2)N1/N=C/C(C)=C/c1ccccc1. The molecule has 3 rings (SSSR count). The van der Waals surface area contributed by atoms with Gasteiger partial charge in [-0.3, -0.25) is 4.79 Å². The number of thioether (sulfide) groups is 1. The summed E-state index contributed by atoms with van der Waals surface area (Å²) in [6.45, 7) is 1.90. The molecule has 0 aliphatic carbocycles. The minimum absolute atomic E-state index is 0.0975. The van der Waals surface area contributed by atoms with E-state index in [-0.39, 0.29) is 10.8 Å². The van der Waals surface area contributed by atoms with Crippen molar-refractivity contribution in [2.75, 3.05) is 7.11 Å². The number of benzene rings is 2. The van der Waals surface area contributed by atoms with Crippen molar-refractivity contribution in [3.8, 4) is 0 Å². The van der Waals surface area contributed by atoms with Crippen LogP contribution in [-0.2, 0) is 14.3 Å². The number of methoxy groups -OCH3 is 1. The third-order valence-corrected chi connectivity index (χ3v) is 4.65. The number of rotatable bonds is 5. The number of allylic oxidation sites excluding steroid dienone is 1. The lowest BCUT2D eigenvalue weighted by Crippen LogP contribution is -2.18. The number of hydrogen-bond donors (Lipinski definition) is 0. The number of aliphatic imine (C=N–C) groups is 1. The lowest BCUT2D eigenvalue weighted by atomic mass is 10.1. The van der Waals surface area contributed by atoms with Crippen molar-refractivity contribution in [2.45, 2.75) is 6.92 Å². The molecule has 1 fully saturated rings. The number of amidine groups is 1. The van der Waals surface area contributed by atoms with Gasteiger partial charge in [-0.15, -0.1) is 0 Å². The number of carbonyl (C=O) groups is 2. The molecule has 0 bridgehead atoms. The van der Waals surface area contributed by atoms with Crippen LogP contribution in [0.5, 0.6) is 0 Å². The Morgan fingerprint density at radius 2 is 1.72 bits per heavy atom. The van der Waals surface area contributed by atoms with Crippen LogP contribution in [0.3, 0.4) is 0 Å². The normalized spacial score (nSPS) is 17.5. The monoisotopic (exact) mass is 405 g/mol. The molecule has 6 nitrogen and oxygen atoms in total. The zero-order chi connectivity index (χ0) is 20.6. The molecular formula is C22H19N3O3S. The van der Waals surface area contributed by atoms with Gasteiger partial charge in [0.25, 0.3) is 0 Å². The Morgan fingerprint density at radius 3 is 2.38 bits per heavy atom. The summed E-state index contributed by atoms with van der Waals surface area (Å²) in [5.74, 6) is -0.633. The van der Waals surface area contributed by atoms with Crippen LogP contribution in [-0.4, -0.2) is 34.6 Å². The predicted octanol–water partition coefficient (Wildman–Crippen LogP) is 4.40. The molecule has 2 aromatic carbocycles. The Kier molecular flexibility index (Phi) is 6.76. The summed E-state index contributed by atoms with van der Waals surface area (Å²) in [5, 5.41) is 5.80. The molecule has 0 atom stereocenters. The molecular weight excluding hydrogens is 386 g/mol. The lowest BCUT2D eigenvalue weighted by Gasteiger charge is -2.12. The number of para-hydroxylation sites is 1. The van der Waals surface area contributed by atoms with Crippen molar-refractivity contribution in [3.05, 3.63) is 83.6 Å². The van der Waals surface area contributed by atoms with E-state index in [0.29, 0.717) is 10.9 Å². The summed E-state index contributed by atoms with van der Waals surface area (Å²) < 4.78 is 4.66. The molecule has 29 heavy (non-hydrogen) atoms. The first-order valence-corrected chi connectivity index (χ1v) is 9.61. The first kappa shape index (κ1) is 20.3. The second-order valence-electron chi connectivity index (χ2n) is 6.03. The number of carbonyl (C=O) groups excluding carboxylic acids is 2. The molecule has 0 N–H and O–H groups in total. The molecule has 1 heterocycles. The fraction of sp³-hybridized carbons (Fsp3) is 0.0909. The zero-order valence-corrected chi connectivity index (χ0v) is 16.8. The summed E-state index contributed by atoms with van der Waals surface area (Å²) in [7, 11) is 1.26. The highest BCUT2D eigenvalue weighted by Crippen LogP contribution is 2.31. The maximum absolute atomic E-state index is 12.4. The van der Waals surface area contributed by atoms with Crippen LogP contribution < -0.4 is 0 Å². The first-order valence-electron chi connectivity index (χ1n) is 8.80. The van der Waals surface area contributed by atoms with E-state index in [0.717, 1.165) is 29.0 Å². The Labute approximate surface area is 173 Å². The van der Waals surface area contributed by atoms with Crippen LogP contribution in [0.2, 0.25) is 0 Å². The number of ether oxygens (including phenoxy) is 1. The molecule has 0 spiro atoms. The molecule has 1 aliphatic heterocycles. The number of nitrogens with zero attached hydrogens (tertiary/aromatic N) is 3. The average molecular weight is 405 g/mol. The minimum atomic E-state index is -0.633. The van der Waals surface area contributed by atoms with E-state index in [2.05, 4.69) is 14.8 Å². The van der Waals surface area contributed by atoms with E-state index in [1.54, 1.807) is 6.21 Å². The highest BCUT2D eigenvalue weighted by Gasteiger charge is 2.34. The van der Waals surface area contributed by atoms with Crippen LogP contribution in [0.4, 0.5) is 5.69 Å². The Balaban J connectivity index is 1.95. The second kappa shape index (κ2) is 9.66. The van der Waals surface area contributed by atoms with Gasteiger partial charge in [0.15, 0.2) is 5.17 Å². The third kappa shape index (κ3) is 5.52. The number of esters is 1. The van der Waals surface area contributed by atoms with Crippen molar-refractivity contribution >= 4 is 46.0 Å². The Bertz CT molecular complexity index is 1010. The summed E-state index contributed by atoms with van der Waals surface area (Å²) in [5.41, 5.74) is 2.68. The van der Waals surface area contributed by atoms with Gasteiger partial charge in [0.05, 0.1) is 25.1 Å². The van der Waals surface area contributed by atoms with Gasteiger partial charge in [0.2, 0.25) is 5.12 Å². The highest BCUT2D eigenvalue weighted by atomic mass is 32.2. The van der Waals surface area contributed by atoms with Gasteiger partial charge in [0.1, 0.15) is 5.70 Å². The van der Waals surface area contributed by atoms with Gasteiger partial charge >= 0.3 is 5.97 Å². The maximum atomic E-state index is 12.4. The van der Waals surface area contributed by atoms with Gasteiger partial charge in [-0.25, -0.2) is 14.8 Å². The van der Waals surface area contributed by atoms with Gasteiger partial charge in [-0.05, 0) is 42.0 Å². The third-order valence-electron chi connectivity index (χ3n) is 3.81. The molecule has 7 heteroatoms. The largest absolute Gasteiger partial charge is 0.466 e. The van der Waals surface area contributed by atoms with Gasteiger partial charge in [-0.1, -0.05) is 54.6 Å². The summed E-state index contributed by atoms with van der Waals surface area (Å²) in [6, 6.07) is 19.1. The van der Waals surface area contributed by atoms with E-state index in [1.807, 2.05) is 73.7 Å². The van der Waals surface area contributed by atoms with Crippen LogP contribution in [0.15, 0.2) is 88.1 Å². The quantitative estimate of drug-likeness (QED) is 0.419. The summed E-state index contributed by atoms with van der Waals surface area (Å²) in [6.07, 6.45) is 4.71. The van der Waals surface area contributed by atoms with E-state index in [1.165, 1.54) is 12.1 Å². The van der Waals surface area contributed by atoms with Crippen LogP contribution in [0.1, 0.15) is 12.5 Å². The molecule has 0 aromatic heterocycles. The van der Waals surface area contributed by atoms with E-state index in [9.17, 15) is 9.59 Å². The number of hydrogen-bond acceptors (Lipinski definition) is 6. The van der Waals surface area contributed by atoms with E-state index >= 15 is 0 Å². The van der Waals surface area contributed by atoms with E-state index in [4.69, 9.17) is 0 Å². The van der Waals surface area contributed by atoms with Crippen LogP contribution >= 0.6 is 11.8 Å². The molecule has 0 saturated carbocycles. The topological polar surface area (TPSA) is 71.3 Å². The standard InChI is InChI=1S/C22H19N3O3S/c1-16(13-17-9-5-3-6-10-17)15-23-25-19(14-20(26)28-2)21(27)29-22(25)24-18-11-7-4-8-12-18/h3-15H,1-2H3/b16-13+,19-14+,23-15+,24-22?. The molecule has 0 radical (unpaired) electrons. The molecule has 1 saturated heterocycles. The van der Waals surface area contributed by atoms with Crippen LogP contribution in [0, 0.1) is 0 Å². The maximum Gasteiger partial charge on any atom is 0.332 e. The summed E-state index contributed by atoms with van der Waals surface area (Å²) >= 11 is 0.912. The lowest BCUT2D eigenvalue weighted by molar-refractivity contribution is -0.135. The van der Waals surface area contributed by atoms with Gasteiger partial charge in [0, 0.05) is 0 Å². The van der Waals surface area contributed by atoms with Gasteiger partial charge < -0.3 is 4.74 Å². The fourth-order valence-corrected chi connectivity index (χ4v) is 3.25. The molecule has 0 unspecified atom stereocenters. The molecule has 1 aliphatic rings. The number of hydrazone groups is 1. The smallest absolute Gasteiger partial charge is 0.332 e. The molecule has 146 valence electrons. The van der Waals surface area contributed by atoms with Crippen molar-refractivity contribution in [3.63, 3.8) is 0 Å². The average Bonchev–Trinajstić information content (AvgIpc) is 3.01. The van der Waals surface area contributed by atoms with Crippen LogP contribution in [0.25, 0.3) is 6.08 Å². The predicted molar refractivity (Wildman–Crippen MR) is 117 cm³/mol. The second-order valence-corrected chi connectivity index (χ2v) is 6.97. The summed E-state index contributed by atoms with van der Waals surface area (Å²) in [4.78, 5) is 28.7. The van der Waals surface area contributed by atoms with Gasteiger partial charge in [-0.2, -0.15) is 5.10 Å². The van der Waals surface area contributed by atoms with Crippen molar-refractivity contribution in [1.29, 1.82) is 0 Å². The first-order chi connectivity index (χ1) is 14.1. The minimum Gasteiger partial charge on any atom is -0.466 e. The van der Waals surface area contributed by atoms with Crippen molar-refractivity contribution in [2.24, 2.45) is 10.1 Å². The van der Waals surface area contributed by atoms with E-state index < -0.39 is 5.97 Å². The highest BCUT2D eigenvalue weighted by molar-refractivity contribution is 8.27.